The van der Waals surface area contributed by atoms with Crippen molar-refractivity contribution in [1.29, 1.82) is 0 Å². The van der Waals surface area contributed by atoms with E-state index in [1.54, 1.807) is 0 Å². The lowest BCUT2D eigenvalue weighted by Crippen LogP contribution is -2.32. The van der Waals surface area contributed by atoms with E-state index in [-0.39, 0.29) is 0 Å². The number of thioether (sulfide) groups is 2. The summed E-state index contributed by atoms with van der Waals surface area (Å²) in [5.74, 6) is 4.90. The molecule has 0 radical (unpaired) electrons. The van der Waals surface area contributed by atoms with Crippen molar-refractivity contribution in [3.8, 4) is 0 Å². The van der Waals surface area contributed by atoms with Gasteiger partial charge in [0.1, 0.15) is 0 Å². The van der Waals surface area contributed by atoms with Gasteiger partial charge in [0.15, 0.2) is 0 Å². The highest BCUT2D eigenvalue weighted by Crippen LogP contribution is 2.26. The van der Waals surface area contributed by atoms with Crippen LogP contribution in [0.2, 0.25) is 5.02 Å². The lowest BCUT2D eigenvalue weighted by molar-refractivity contribution is 0.590. The van der Waals surface area contributed by atoms with Gasteiger partial charge in [-0.2, -0.15) is 28.6 Å². The molecule has 2 heterocycles. The first-order valence-electron chi connectivity index (χ1n) is 6.74. The van der Waals surface area contributed by atoms with Crippen molar-refractivity contribution in [3.05, 3.63) is 28.9 Å². The number of benzene rings is 1. The molecule has 3 rings (SSSR count). The molecule has 0 bridgehead atoms. The molecular weight excluding hydrogens is 310 g/mol. The third kappa shape index (κ3) is 3.11. The molecule has 108 valence electrons. The molecule has 0 unspecified atom stereocenters. The van der Waals surface area contributed by atoms with Crippen LogP contribution < -0.4 is 5.32 Å². The number of nitrogens with one attached hydrogen (secondary N) is 1. The maximum atomic E-state index is 6.33. The van der Waals surface area contributed by atoms with Crippen LogP contribution in [0.15, 0.2) is 18.2 Å². The van der Waals surface area contributed by atoms with Crippen LogP contribution in [0.5, 0.6) is 0 Å². The number of aryl methyl sites for hydroxylation is 1. The predicted octanol–water partition coefficient (Wildman–Crippen LogP) is 3.16. The fraction of sp³-hybridized carbons (Fsp3) is 0.500. The first kappa shape index (κ1) is 14.6. The molecule has 20 heavy (non-hydrogen) atoms. The van der Waals surface area contributed by atoms with Crippen LogP contribution in [0.25, 0.3) is 10.9 Å². The second-order valence-corrected chi connectivity index (χ2v) is 7.64. The monoisotopic (exact) mass is 327 g/mol. The largest absolute Gasteiger partial charge is 0.307 e. The first-order valence-corrected chi connectivity index (χ1v) is 9.43. The topological polar surface area (TPSA) is 29.9 Å². The van der Waals surface area contributed by atoms with Crippen molar-refractivity contribution in [2.24, 2.45) is 7.05 Å². The summed E-state index contributed by atoms with van der Waals surface area (Å²) in [4.78, 5) is 0. The zero-order valence-electron chi connectivity index (χ0n) is 11.4. The number of aromatic nitrogens is 2. The van der Waals surface area contributed by atoms with Crippen LogP contribution in [0.3, 0.4) is 0 Å². The first-order chi connectivity index (χ1) is 9.75. The van der Waals surface area contributed by atoms with E-state index in [9.17, 15) is 0 Å². The van der Waals surface area contributed by atoms with E-state index in [2.05, 4.69) is 16.5 Å². The molecule has 1 saturated heterocycles. The molecule has 3 nitrogen and oxygen atoms in total. The predicted molar refractivity (Wildman–Crippen MR) is 91.0 cm³/mol. The molecule has 0 amide bonds. The summed E-state index contributed by atoms with van der Waals surface area (Å²) in [6, 6.07) is 6.54. The normalized spacial score (nSPS) is 17.5. The maximum absolute atomic E-state index is 6.33. The number of hydrogen-bond donors (Lipinski definition) is 1. The van der Waals surface area contributed by atoms with Crippen LogP contribution in [-0.4, -0.2) is 38.8 Å². The van der Waals surface area contributed by atoms with Crippen molar-refractivity contribution >= 4 is 46.0 Å². The van der Waals surface area contributed by atoms with Crippen molar-refractivity contribution in [3.63, 3.8) is 0 Å². The molecule has 1 fully saturated rings. The smallest absolute Gasteiger partial charge is 0.0856 e. The summed E-state index contributed by atoms with van der Waals surface area (Å²) < 4.78 is 1.91. The minimum absolute atomic E-state index is 0.562. The van der Waals surface area contributed by atoms with E-state index in [0.717, 1.165) is 28.2 Å². The van der Waals surface area contributed by atoms with Gasteiger partial charge in [-0.05, 0) is 12.1 Å². The molecule has 2 aromatic rings. The summed E-state index contributed by atoms with van der Waals surface area (Å²) in [7, 11) is 1.97. The highest BCUT2D eigenvalue weighted by molar-refractivity contribution is 8.03. The second kappa shape index (κ2) is 6.60. The van der Waals surface area contributed by atoms with Gasteiger partial charge in [-0.25, -0.2) is 0 Å². The Labute approximate surface area is 132 Å². The average molecular weight is 328 g/mol. The van der Waals surface area contributed by atoms with Crippen LogP contribution in [0.4, 0.5) is 0 Å². The third-order valence-electron chi connectivity index (χ3n) is 3.47. The minimum Gasteiger partial charge on any atom is -0.307 e. The van der Waals surface area contributed by atoms with Crippen LogP contribution in [0.1, 0.15) is 5.69 Å². The number of nitrogens with zero attached hydrogens (tertiary/aromatic N) is 2. The van der Waals surface area contributed by atoms with Crippen LogP contribution in [-0.2, 0) is 13.6 Å². The highest BCUT2D eigenvalue weighted by atomic mass is 35.5. The summed E-state index contributed by atoms with van der Waals surface area (Å²) >= 11 is 10.4. The Morgan fingerprint density at radius 3 is 2.85 bits per heavy atom. The van der Waals surface area contributed by atoms with Crippen LogP contribution >= 0.6 is 35.1 Å². The standard InChI is InChI=1S/C14H18ClN3S2/c1-18-13-4-2-3-11(15)14(13)12(17-18)7-16-10-8-19-5-6-20-9-10/h2-4,10,16H,5-9H2,1H3. The molecule has 1 aromatic heterocycles. The van der Waals surface area contributed by atoms with E-state index in [0.29, 0.717) is 6.04 Å². The molecule has 1 aliphatic rings. The number of halogens is 1. The van der Waals surface area contributed by atoms with Gasteiger partial charge in [0, 0.05) is 48.0 Å². The van der Waals surface area contributed by atoms with E-state index >= 15 is 0 Å². The van der Waals surface area contributed by atoms with Gasteiger partial charge in [-0.3, -0.25) is 4.68 Å². The zero-order valence-corrected chi connectivity index (χ0v) is 13.8. The maximum Gasteiger partial charge on any atom is 0.0856 e. The Balaban J connectivity index is 1.77. The number of hydrogen-bond acceptors (Lipinski definition) is 4. The molecule has 1 aliphatic heterocycles. The molecule has 1 aromatic carbocycles. The minimum atomic E-state index is 0.562. The molecule has 0 saturated carbocycles. The Hall–Kier alpha value is -0.360. The van der Waals surface area contributed by atoms with Gasteiger partial charge in [0.25, 0.3) is 0 Å². The van der Waals surface area contributed by atoms with E-state index in [1.165, 1.54) is 23.0 Å². The molecule has 0 atom stereocenters. The summed E-state index contributed by atoms with van der Waals surface area (Å²) in [6.45, 7) is 0.785. The quantitative estimate of drug-likeness (QED) is 0.938. The van der Waals surface area contributed by atoms with E-state index in [1.807, 2.05) is 47.4 Å². The summed E-state index contributed by atoms with van der Waals surface area (Å²) in [5.41, 5.74) is 2.14. The molecule has 0 aliphatic carbocycles. The summed E-state index contributed by atoms with van der Waals surface area (Å²) in [5, 5.41) is 10.1. The lowest BCUT2D eigenvalue weighted by atomic mass is 10.2. The van der Waals surface area contributed by atoms with E-state index in [4.69, 9.17) is 11.6 Å². The summed E-state index contributed by atoms with van der Waals surface area (Å²) in [6.07, 6.45) is 0. The zero-order chi connectivity index (χ0) is 13.9. The third-order valence-corrected chi connectivity index (χ3v) is 6.30. The molecule has 0 spiro atoms. The lowest BCUT2D eigenvalue weighted by Gasteiger charge is -2.14. The Kier molecular flexibility index (Phi) is 4.81. The molecule has 6 heteroatoms. The van der Waals surface area contributed by atoms with Gasteiger partial charge in [0.05, 0.1) is 16.2 Å². The molecular formula is C14H18ClN3S2. The Morgan fingerprint density at radius 2 is 2.10 bits per heavy atom. The number of fused-ring (bicyclic) bond motifs is 1. The Morgan fingerprint density at radius 1 is 1.35 bits per heavy atom. The van der Waals surface area contributed by atoms with Crippen molar-refractivity contribution < 1.29 is 0 Å². The van der Waals surface area contributed by atoms with Crippen LogP contribution in [0, 0.1) is 0 Å². The van der Waals surface area contributed by atoms with E-state index < -0.39 is 0 Å². The van der Waals surface area contributed by atoms with Gasteiger partial charge >= 0.3 is 0 Å². The van der Waals surface area contributed by atoms with Gasteiger partial charge in [0.2, 0.25) is 0 Å². The van der Waals surface area contributed by atoms with Gasteiger partial charge < -0.3 is 5.32 Å². The van der Waals surface area contributed by atoms with Crippen molar-refractivity contribution in [2.45, 2.75) is 12.6 Å². The van der Waals surface area contributed by atoms with Gasteiger partial charge in [-0.15, -0.1) is 0 Å². The van der Waals surface area contributed by atoms with Crippen molar-refractivity contribution in [2.75, 3.05) is 23.0 Å². The fourth-order valence-corrected chi connectivity index (χ4v) is 5.20. The van der Waals surface area contributed by atoms with Crippen molar-refractivity contribution in [1.82, 2.24) is 15.1 Å². The van der Waals surface area contributed by atoms with Gasteiger partial charge in [-0.1, -0.05) is 17.7 Å². The highest BCUT2D eigenvalue weighted by Gasteiger charge is 2.15. The average Bonchev–Trinajstić information content (AvgIpc) is 2.64. The fourth-order valence-electron chi connectivity index (χ4n) is 2.45. The second-order valence-electron chi connectivity index (χ2n) is 4.93. The molecule has 1 N–H and O–H groups in total. The number of rotatable bonds is 3. The Bertz CT molecular complexity index is 591. The SMILES string of the molecule is Cn1nc(CNC2CSCCSC2)c2c(Cl)cccc21.